The van der Waals surface area contributed by atoms with E-state index in [9.17, 15) is 4.79 Å². The average molecular weight is 408 g/mol. The lowest BCUT2D eigenvalue weighted by Crippen LogP contribution is -2.47. The fraction of sp³-hybridized carbons (Fsp3) is 0.458. The number of benzene rings is 2. The fourth-order valence-corrected chi connectivity index (χ4v) is 4.65. The van der Waals surface area contributed by atoms with E-state index >= 15 is 0 Å². The first-order valence-electron chi connectivity index (χ1n) is 10.8. The maximum atomic E-state index is 12.8. The monoisotopic (exact) mass is 408 g/mol. The van der Waals surface area contributed by atoms with E-state index in [0.717, 1.165) is 31.0 Å². The largest absolute Gasteiger partial charge is 0.486 e. The Morgan fingerprint density at radius 1 is 1.13 bits per heavy atom. The van der Waals surface area contributed by atoms with Crippen LogP contribution in [0.25, 0.3) is 0 Å². The second-order valence-electron chi connectivity index (χ2n) is 8.53. The third-order valence-electron chi connectivity index (χ3n) is 6.14. The van der Waals surface area contributed by atoms with Crippen LogP contribution in [0, 0.1) is 5.92 Å². The first-order chi connectivity index (χ1) is 14.7. The second kappa shape index (κ2) is 8.66. The van der Waals surface area contributed by atoms with Crippen LogP contribution in [0.5, 0.6) is 11.5 Å². The number of ether oxygens (including phenoxy) is 3. The molecule has 3 aliphatic rings. The number of fused-ring (bicyclic) bond motifs is 3. The van der Waals surface area contributed by atoms with Gasteiger partial charge in [0, 0.05) is 24.7 Å². The molecule has 6 nitrogen and oxygen atoms in total. The van der Waals surface area contributed by atoms with Crippen LogP contribution in [0.15, 0.2) is 48.5 Å². The van der Waals surface area contributed by atoms with Crippen LogP contribution in [0.2, 0.25) is 0 Å². The van der Waals surface area contributed by atoms with Gasteiger partial charge in [-0.1, -0.05) is 30.3 Å². The van der Waals surface area contributed by atoms with Gasteiger partial charge in [0.05, 0.1) is 13.2 Å². The van der Waals surface area contributed by atoms with E-state index in [2.05, 4.69) is 10.2 Å². The topological polar surface area (TPSA) is 60.0 Å². The van der Waals surface area contributed by atoms with E-state index in [1.165, 1.54) is 13.0 Å². The summed E-state index contributed by atoms with van der Waals surface area (Å²) in [5.41, 5.74) is 1.73. The number of rotatable bonds is 6. The standard InChI is InChI=1S/C24H28N2O4/c27-24(25-20-10-18-8-9-26(12-18)13-20)19-6-7-22-23(11-19)30-21(16-29-22)15-28-14-17-4-2-1-3-5-17/h1-7,11,18,20-21H,8-10,12-16H2,(H,25,27)/t18-,20-,21-/m1/s1. The maximum absolute atomic E-state index is 12.8. The van der Waals surface area contributed by atoms with Crippen molar-refractivity contribution in [2.24, 2.45) is 5.92 Å². The van der Waals surface area contributed by atoms with Gasteiger partial charge in [0.1, 0.15) is 6.61 Å². The Morgan fingerprint density at radius 2 is 2.03 bits per heavy atom. The quantitative estimate of drug-likeness (QED) is 0.797. The molecule has 0 saturated carbocycles. The van der Waals surface area contributed by atoms with Gasteiger partial charge in [-0.2, -0.15) is 0 Å². The molecule has 0 aliphatic carbocycles. The minimum atomic E-state index is -0.193. The molecule has 3 aliphatic heterocycles. The van der Waals surface area contributed by atoms with Crippen molar-refractivity contribution in [1.29, 1.82) is 0 Å². The summed E-state index contributed by atoms with van der Waals surface area (Å²) in [5, 5.41) is 3.20. The zero-order chi connectivity index (χ0) is 20.3. The number of hydrogen-bond donors (Lipinski definition) is 1. The van der Waals surface area contributed by atoms with Crippen molar-refractivity contribution < 1.29 is 19.0 Å². The number of carbonyl (C=O) groups excluding carboxylic acids is 1. The molecule has 0 aromatic heterocycles. The zero-order valence-corrected chi connectivity index (χ0v) is 17.1. The summed E-state index contributed by atoms with van der Waals surface area (Å²) in [6, 6.07) is 15.7. The predicted octanol–water partition coefficient (Wildman–Crippen LogP) is 2.87. The third kappa shape index (κ3) is 4.45. The second-order valence-corrected chi connectivity index (χ2v) is 8.53. The molecule has 2 bridgehead atoms. The van der Waals surface area contributed by atoms with Gasteiger partial charge in [0.25, 0.3) is 5.91 Å². The van der Waals surface area contributed by atoms with Crippen LogP contribution in [-0.2, 0) is 11.3 Å². The van der Waals surface area contributed by atoms with E-state index in [1.54, 1.807) is 6.07 Å². The third-order valence-corrected chi connectivity index (χ3v) is 6.14. The molecule has 1 amide bonds. The molecule has 2 aromatic carbocycles. The maximum Gasteiger partial charge on any atom is 0.251 e. The molecule has 30 heavy (non-hydrogen) atoms. The lowest BCUT2D eigenvalue weighted by molar-refractivity contribution is 0.00267. The molecule has 4 atom stereocenters. The van der Waals surface area contributed by atoms with Gasteiger partial charge >= 0.3 is 0 Å². The van der Waals surface area contributed by atoms with Crippen LogP contribution in [0.4, 0.5) is 0 Å². The van der Waals surface area contributed by atoms with E-state index in [4.69, 9.17) is 14.2 Å². The van der Waals surface area contributed by atoms with Crippen LogP contribution < -0.4 is 14.8 Å². The summed E-state index contributed by atoms with van der Waals surface area (Å²) in [7, 11) is 0. The molecule has 0 radical (unpaired) electrons. The van der Waals surface area contributed by atoms with Gasteiger partial charge in [0.15, 0.2) is 17.6 Å². The van der Waals surface area contributed by atoms with Crippen molar-refractivity contribution in [2.75, 3.05) is 32.8 Å². The Hall–Kier alpha value is -2.57. The normalized spacial score (nSPS) is 26.9. The first kappa shape index (κ1) is 19.4. The smallest absolute Gasteiger partial charge is 0.251 e. The van der Waals surface area contributed by atoms with Crippen LogP contribution in [0.1, 0.15) is 28.8 Å². The molecule has 158 valence electrons. The number of hydrogen-bond acceptors (Lipinski definition) is 5. The van der Waals surface area contributed by atoms with Crippen LogP contribution in [0.3, 0.4) is 0 Å². The van der Waals surface area contributed by atoms with Gasteiger partial charge in [0.2, 0.25) is 0 Å². The van der Waals surface area contributed by atoms with Crippen molar-refractivity contribution in [3.63, 3.8) is 0 Å². The van der Waals surface area contributed by atoms with Crippen molar-refractivity contribution in [2.45, 2.75) is 31.6 Å². The summed E-state index contributed by atoms with van der Waals surface area (Å²) in [4.78, 5) is 15.2. The highest BCUT2D eigenvalue weighted by molar-refractivity contribution is 5.95. The van der Waals surface area contributed by atoms with Crippen molar-refractivity contribution in [3.8, 4) is 11.5 Å². The van der Waals surface area contributed by atoms with Crippen molar-refractivity contribution >= 4 is 5.91 Å². The molecular formula is C24H28N2O4. The Kier molecular flexibility index (Phi) is 5.60. The zero-order valence-electron chi connectivity index (χ0n) is 17.1. The summed E-state index contributed by atoms with van der Waals surface area (Å²) in [6.07, 6.45) is 2.14. The Bertz CT molecular complexity index is 876. The van der Waals surface area contributed by atoms with Crippen LogP contribution in [-0.4, -0.2) is 55.8 Å². The molecule has 1 unspecified atom stereocenters. The summed E-state index contributed by atoms with van der Waals surface area (Å²) < 4.78 is 17.7. The number of amides is 1. The Morgan fingerprint density at radius 3 is 2.90 bits per heavy atom. The van der Waals surface area contributed by atoms with E-state index in [1.807, 2.05) is 42.5 Å². The molecule has 0 spiro atoms. The highest BCUT2D eigenvalue weighted by Gasteiger charge is 2.33. The van der Waals surface area contributed by atoms with Crippen molar-refractivity contribution in [3.05, 3.63) is 59.7 Å². The molecule has 2 saturated heterocycles. The molecule has 5 rings (SSSR count). The van der Waals surface area contributed by atoms with Gasteiger partial charge in [-0.05, 0) is 49.1 Å². The number of carbonyl (C=O) groups is 1. The SMILES string of the molecule is O=C(N[C@@H]1C[C@H]2CCN(C2)C1)c1ccc2c(c1)O[C@H](COCc1ccccc1)CO2. The molecular weight excluding hydrogens is 380 g/mol. The molecule has 2 fully saturated rings. The molecule has 6 heteroatoms. The van der Waals surface area contributed by atoms with Gasteiger partial charge < -0.3 is 24.4 Å². The summed E-state index contributed by atoms with van der Waals surface area (Å²) >= 11 is 0. The highest BCUT2D eigenvalue weighted by Crippen LogP contribution is 2.33. The molecule has 2 aromatic rings. The minimum absolute atomic E-state index is 0.0450. The lowest BCUT2D eigenvalue weighted by atomic mass is 9.96. The minimum Gasteiger partial charge on any atom is -0.486 e. The number of piperidine rings is 1. The Balaban J connectivity index is 1.16. The first-order valence-corrected chi connectivity index (χ1v) is 10.8. The average Bonchev–Trinajstić information content (AvgIpc) is 3.12. The summed E-state index contributed by atoms with van der Waals surface area (Å²) in [6.45, 7) is 4.71. The van der Waals surface area contributed by atoms with Gasteiger partial charge in [-0.25, -0.2) is 0 Å². The van der Waals surface area contributed by atoms with Gasteiger partial charge in [-0.3, -0.25) is 4.79 Å². The number of nitrogens with zero attached hydrogens (tertiary/aromatic N) is 1. The molecule has 3 heterocycles. The van der Waals surface area contributed by atoms with E-state index in [0.29, 0.717) is 36.9 Å². The fourth-order valence-electron chi connectivity index (χ4n) is 4.65. The number of nitrogens with one attached hydrogen (secondary N) is 1. The van der Waals surface area contributed by atoms with E-state index < -0.39 is 0 Å². The Labute approximate surface area is 177 Å². The van der Waals surface area contributed by atoms with Gasteiger partial charge in [-0.15, -0.1) is 0 Å². The van der Waals surface area contributed by atoms with Crippen LogP contribution >= 0.6 is 0 Å². The molecule has 1 N–H and O–H groups in total. The predicted molar refractivity (Wildman–Crippen MR) is 113 cm³/mol. The van der Waals surface area contributed by atoms with E-state index in [-0.39, 0.29) is 18.1 Å². The lowest BCUT2D eigenvalue weighted by Gasteiger charge is -2.30. The summed E-state index contributed by atoms with van der Waals surface area (Å²) in [5.74, 6) is 1.96. The highest BCUT2D eigenvalue weighted by atomic mass is 16.6. The van der Waals surface area contributed by atoms with Crippen molar-refractivity contribution in [1.82, 2.24) is 10.2 Å².